The summed E-state index contributed by atoms with van der Waals surface area (Å²) in [6.45, 7) is 1.30. The fraction of sp³-hybridized carbons (Fsp3) is 0.269. The second-order valence-corrected chi connectivity index (χ2v) is 9.28. The quantitative estimate of drug-likeness (QED) is 0.377. The molecule has 0 radical (unpaired) electrons. The van der Waals surface area contributed by atoms with E-state index in [2.05, 4.69) is 5.32 Å². The molecular weight excluding hydrogens is 514 g/mol. The summed E-state index contributed by atoms with van der Waals surface area (Å²) in [5.74, 6) is -1.01. The number of nitrogens with one attached hydrogen (secondary N) is 1. The molecule has 0 saturated carbocycles. The van der Waals surface area contributed by atoms with Crippen LogP contribution in [0.2, 0.25) is 0 Å². The number of benzene rings is 2. The number of imide groups is 2. The molecule has 1 fully saturated rings. The van der Waals surface area contributed by atoms with Crippen LogP contribution in [0.1, 0.15) is 33.2 Å². The minimum atomic E-state index is -1.07. The zero-order chi connectivity index (χ0) is 27.6. The molecule has 2 heterocycles. The highest BCUT2D eigenvalue weighted by Gasteiger charge is 2.41. The number of methoxy groups -OCH3 is 3. The molecule has 1 atom stereocenters. The third-order valence-corrected chi connectivity index (χ3v) is 6.99. The van der Waals surface area contributed by atoms with E-state index in [9.17, 15) is 24.0 Å². The molecule has 5 amide bonds. The molecule has 0 aliphatic carbocycles. The number of amides is 5. The van der Waals surface area contributed by atoms with Crippen molar-refractivity contribution < 1.29 is 38.2 Å². The van der Waals surface area contributed by atoms with Gasteiger partial charge >= 0.3 is 0 Å². The van der Waals surface area contributed by atoms with Crippen molar-refractivity contribution in [3.8, 4) is 17.2 Å². The second kappa shape index (κ2) is 11.0. The molecule has 2 aromatic carbocycles. The van der Waals surface area contributed by atoms with Gasteiger partial charge in [0.25, 0.3) is 23.0 Å². The van der Waals surface area contributed by atoms with Gasteiger partial charge in [0, 0.05) is 13.1 Å². The number of ether oxygens (including phenoxy) is 3. The largest absolute Gasteiger partial charge is 0.493 e. The molecule has 2 aliphatic rings. The molecule has 2 aliphatic heterocycles. The Morgan fingerprint density at radius 1 is 0.947 bits per heavy atom. The fourth-order valence-electron chi connectivity index (χ4n) is 4.14. The topological polar surface area (TPSA) is 132 Å². The van der Waals surface area contributed by atoms with Gasteiger partial charge < -0.3 is 19.5 Å². The first kappa shape index (κ1) is 26.7. The minimum Gasteiger partial charge on any atom is -0.493 e. The second-order valence-electron chi connectivity index (χ2n) is 8.28. The lowest BCUT2D eigenvalue weighted by Gasteiger charge is -2.22. The first-order valence-corrected chi connectivity index (χ1v) is 12.3. The van der Waals surface area contributed by atoms with Gasteiger partial charge in [0.15, 0.2) is 11.5 Å². The van der Waals surface area contributed by atoms with Gasteiger partial charge in [0.1, 0.15) is 6.04 Å². The van der Waals surface area contributed by atoms with Crippen LogP contribution in [-0.2, 0) is 9.59 Å². The van der Waals surface area contributed by atoms with Crippen LogP contribution >= 0.6 is 11.8 Å². The molecule has 0 aromatic heterocycles. The Hall–Kier alpha value is -4.32. The molecular formula is C26H25N3O8S. The van der Waals surface area contributed by atoms with E-state index in [1.165, 1.54) is 46.5 Å². The number of hydrogen-bond donors (Lipinski definition) is 1. The van der Waals surface area contributed by atoms with E-state index >= 15 is 0 Å². The average molecular weight is 540 g/mol. The maximum atomic E-state index is 12.9. The Labute approximate surface area is 222 Å². The van der Waals surface area contributed by atoms with E-state index in [1.807, 2.05) is 0 Å². The van der Waals surface area contributed by atoms with Gasteiger partial charge in [-0.2, -0.15) is 0 Å². The van der Waals surface area contributed by atoms with Gasteiger partial charge in [-0.15, -0.1) is 0 Å². The number of rotatable bonds is 9. The van der Waals surface area contributed by atoms with Gasteiger partial charge in [-0.3, -0.25) is 33.8 Å². The van der Waals surface area contributed by atoms with E-state index < -0.39 is 34.9 Å². The lowest BCUT2D eigenvalue weighted by atomic mass is 10.1. The van der Waals surface area contributed by atoms with E-state index in [0.717, 1.165) is 21.6 Å². The van der Waals surface area contributed by atoms with Crippen molar-refractivity contribution in [1.29, 1.82) is 0 Å². The summed E-state index contributed by atoms with van der Waals surface area (Å²) in [5, 5.41) is 2.11. The maximum Gasteiger partial charge on any atom is 0.293 e. The molecule has 1 N–H and O–H groups in total. The molecule has 2 aromatic rings. The first-order chi connectivity index (χ1) is 18.2. The van der Waals surface area contributed by atoms with Crippen LogP contribution in [0.15, 0.2) is 41.3 Å². The van der Waals surface area contributed by atoms with Gasteiger partial charge in [-0.25, -0.2) is 0 Å². The molecule has 1 saturated heterocycles. The highest BCUT2D eigenvalue weighted by atomic mass is 32.2. The number of thioether (sulfide) groups is 1. The third-order valence-electron chi connectivity index (χ3n) is 6.09. The molecule has 11 nitrogen and oxygen atoms in total. The average Bonchev–Trinajstić information content (AvgIpc) is 3.33. The molecule has 1 unspecified atom stereocenters. The van der Waals surface area contributed by atoms with E-state index in [-0.39, 0.29) is 29.1 Å². The molecule has 198 valence electrons. The maximum absolute atomic E-state index is 12.9. The summed E-state index contributed by atoms with van der Waals surface area (Å²) in [4.78, 5) is 65.5. The number of fused-ring (bicyclic) bond motifs is 1. The Bertz CT molecular complexity index is 1310. The summed E-state index contributed by atoms with van der Waals surface area (Å²) in [7, 11) is 4.42. The number of carbonyl (C=O) groups is 5. The Morgan fingerprint density at radius 3 is 2.05 bits per heavy atom. The summed E-state index contributed by atoms with van der Waals surface area (Å²) >= 11 is 0.768. The standard InChI is InChI=1S/C26H25N3O8S/c1-14(29-23(31)16-7-5-6-8-17(16)24(29)32)22(30)27-9-10-28-25(33)20(38-26(28)34)13-15-11-18(35-2)21(37-4)19(12-15)36-3/h5-8,11-14H,9-10H2,1-4H3,(H,27,30)/b20-13-. The molecule has 12 heteroatoms. The van der Waals surface area contributed by atoms with E-state index in [1.54, 1.807) is 24.3 Å². The van der Waals surface area contributed by atoms with Crippen LogP contribution in [0, 0.1) is 0 Å². The summed E-state index contributed by atoms with van der Waals surface area (Å²) in [6.07, 6.45) is 1.54. The molecule has 0 spiro atoms. The number of carbonyl (C=O) groups excluding carboxylic acids is 5. The highest BCUT2D eigenvalue weighted by molar-refractivity contribution is 8.18. The monoisotopic (exact) mass is 539 g/mol. The van der Waals surface area contributed by atoms with Crippen molar-refractivity contribution in [3.05, 3.63) is 58.0 Å². The normalized spacial score (nSPS) is 16.7. The predicted molar refractivity (Wildman–Crippen MR) is 138 cm³/mol. The smallest absolute Gasteiger partial charge is 0.293 e. The van der Waals surface area contributed by atoms with Gasteiger partial charge in [-0.05, 0) is 54.6 Å². The van der Waals surface area contributed by atoms with Crippen LogP contribution in [0.3, 0.4) is 0 Å². The number of hydrogen-bond acceptors (Lipinski definition) is 9. The Balaban J connectivity index is 1.39. The zero-order valence-electron chi connectivity index (χ0n) is 21.1. The van der Waals surface area contributed by atoms with Crippen molar-refractivity contribution in [2.45, 2.75) is 13.0 Å². The number of nitrogens with zero attached hydrogens (tertiary/aromatic N) is 2. The molecule has 4 rings (SSSR count). The van der Waals surface area contributed by atoms with Crippen molar-refractivity contribution >= 4 is 46.7 Å². The van der Waals surface area contributed by atoms with Crippen LogP contribution in [-0.4, -0.2) is 79.1 Å². The Kier molecular flexibility index (Phi) is 7.72. The van der Waals surface area contributed by atoms with Crippen LogP contribution in [0.25, 0.3) is 6.08 Å². The SMILES string of the molecule is COc1cc(/C=C2\SC(=O)N(CCNC(=O)C(C)N3C(=O)c4ccccc4C3=O)C2=O)cc(OC)c1OC. The van der Waals surface area contributed by atoms with E-state index in [4.69, 9.17) is 14.2 Å². The molecule has 0 bridgehead atoms. The van der Waals surface area contributed by atoms with Crippen molar-refractivity contribution in [1.82, 2.24) is 15.1 Å². The van der Waals surface area contributed by atoms with Gasteiger partial charge in [-0.1, -0.05) is 12.1 Å². The lowest BCUT2D eigenvalue weighted by molar-refractivity contribution is -0.126. The van der Waals surface area contributed by atoms with E-state index in [0.29, 0.717) is 22.8 Å². The Morgan fingerprint density at radius 2 is 1.53 bits per heavy atom. The lowest BCUT2D eigenvalue weighted by Crippen LogP contribution is -2.49. The van der Waals surface area contributed by atoms with Gasteiger partial charge in [0.05, 0.1) is 37.4 Å². The van der Waals surface area contributed by atoms with Crippen molar-refractivity contribution in [2.75, 3.05) is 34.4 Å². The zero-order valence-corrected chi connectivity index (χ0v) is 21.9. The van der Waals surface area contributed by atoms with Gasteiger partial charge in [0.2, 0.25) is 11.7 Å². The third kappa shape index (κ3) is 4.82. The van der Waals surface area contributed by atoms with Crippen LogP contribution < -0.4 is 19.5 Å². The highest BCUT2D eigenvalue weighted by Crippen LogP contribution is 2.40. The van der Waals surface area contributed by atoms with Crippen molar-refractivity contribution in [3.63, 3.8) is 0 Å². The van der Waals surface area contributed by atoms with Crippen LogP contribution in [0.5, 0.6) is 17.2 Å². The van der Waals surface area contributed by atoms with Crippen LogP contribution in [0.4, 0.5) is 4.79 Å². The van der Waals surface area contributed by atoms with Crippen molar-refractivity contribution in [2.24, 2.45) is 0 Å². The minimum absolute atomic E-state index is 0.0537. The first-order valence-electron chi connectivity index (χ1n) is 11.5. The molecule has 38 heavy (non-hydrogen) atoms. The predicted octanol–water partition coefficient (Wildman–Crippen LogP) is 2.55. The summed E-state index contributed by atoms with van der Waals surface area (Å²) in [6, 6.07) is 8.58. The fourth-order valence-corrected chi connectivity index (χ4v) is 5.01. The summed E-state index contributed by atoms with van der Waals surface area (Å²) in [5.41, 5.74) is 1.05. The summed E-state index contributed by atoms with van der Waals surface area (Å²) < 4.78 is 16.0.